The second-order valence-corrected chi connectivity index (χ2v) is 3.20. The van der Waals surface area contributed by atoms with Crippen molar-refractivity contribution in [2.75, 3.05) is 14.2 Å². The Labute approximate surface area is 94.6 Å². The first-order valence-electron chi connectivity index (χ1n) is 4.84. The summed E-state index contributed by atoms with van der Waals surface area (Å²) in [5.74, 6) is -0.941. The summed E-state index contributed by atoms with van der Waals surface area (Å²) in [6, 6.07) is -1.37. The number of carbonyl (C=O) groups is 2. The molecule has 16 heavy (non-hydrogen) atoms. The molecule has 0 radical (unpaired) electrons. The van der Waals surface area contributed by atoms with Gasteiger partial charge >= 0.3 is 11.9 Å². The Kier molecular flexibility index (Phi) is 7.15. The van der Waals surface area contributed by atoms with Gasteiger partial charge in [0.25, 0.3) is 0 Å². The smallest absolute Gasteiger partial charge is 0.322 e. The average molecular weight is 230 g/mol. The number of rotatable bonds is 6. The van der Waals surface area contributed by atoms with Crippen LogP contribution in [0, 0.1) is 0 Å². The predicted octanol–water partition coefficient (Wildman–Crippen LogP) is -0.677. The van der Waals surface area contributed by atoms with Crippen molar-refractivity contribution >= 4 is 11.9 Å². The number of hydrogen-bond acceptors (Lipinski definition) is 6. The minimum Gasteiger partial charge on any atom is -0.468 e. The zero-order valence-electron chi connectivity index (χ0n) is 9.51. The van der Waals surface area contributed by atoms with Crippen molar-refractivity contribution in [1.29, 1.82) is 0 Å². The third-order valence-corrected chi connectivity index (χ3v) is 1.95. The molecule has 2 unspecified atom stereocenters. The van der Waals surface area contributed by atoms with Crippen LogP contribution in [0.25, 0.3) is 0 Å². The van der Waals surface area contributed by atoms with Crippen LogP contribution in [0.2, 0.25) is 0 Å². The van der Waals surface area contributed by atoms with E-state index in [9.17, 15) is 9.59 Å². The largest absolute Gasteiger partial charge is 0.468 e. The summed E-state index contributed by atoms with van der Waals surface area (Å²) >= 11 is 0. The van der Waals surface area contributed by atoms with Crippen LogP contribution >= 0.6 is 0 Å². The molecule has 0 heterocycles. The zero-order valence-corrected chi connectivity index (χ0v) is 9.51. The van der Waals surface area contributed by atoms with Gasteiger partial charge in [0.05, 0.1) is 14.2 Å². The number of esters is 2. The van der Waals surface area contributed by atoms with Gasteiger partial charge in [0, 0.05) is 0 Å². The molecule has 0 aromatic rings. The Hall–Kier alpha value is -1.40. The number of nitrogens with two attached hydrogens (primary N) is 2. The highest BCUT2D eigenvalue weighted by atomic mass is 16.5. The van der Waals surface area contributed by atoms with Gasteiger partial charge < -0.3 is 20.9 Å². The van der Waals surface area contributed by atoms with Gasteiger partial charge in [-0.3, -0.25) is 9.59 Å². The van der Waals surface area contributed by atoms with Gasteiger partial charge in [-0.1, -0.05) is 12.2 Å². The van der Waals surface area contributed by atoms with E-state index in [1.165, 1.54) is 14.2 Å². The summed E-state index contributed by atoms with van der Waals surface area (Å²) in [5, 5.41) is 0. The van der Waals surface area contributed by atoms with E-state index in [1.807, 2.05) is 0 Å². The van der Waals surface area contributed by atoms with E-state index in [0.29, 0.717) is 12.8 Å². The molecule has 0 fully saturated rings. The quantitative estimate of drug-likeness (QED) is 0.463. The molecule has 2 atom stereocenters. The topological polar surface area (TPSA) is 105 Å². The highest BCUT2D eigenvalue weighted by Gasteiger charge is 2.12. The zero-order chi connectivity index (χ0) is 12.6. The Morgan fingerprint density at radius 2 is 1.31 bits per heavy atom. The maximum atomic E-state index is 10.9. The van der Waals surface area contributed by atoms with Crippen molar-refractivity contribution in [3.05, 3.63) is 12.2 Å². The van der Waals surface area contributed by atoms with Crippen molar-refractivity contribution in [2.45, 2.75) is 24.9 Å². The lowest BCUT2D eigenvalue weighted by Gasteiger charge is -2.06. The lowest BCUT2D eigenvalue weighted by molar-refractivity contribution is -0.142. The molecular formula is C10H18N2O4. The van der Waals surface area contributed by atoms with E-state index < -0.39 is 24.0 Å². The summed E-state index contributed by atoms with van der Waals surface area (Å²) in [5.41, 5.74) is 11.0. The van der Waals surface area contributed by atoms with Crippen LogP contribution < -0.4 is 11.5 Å². The van der Waals surface area contributed by atoms with Crippen molar-refractivity contribution in [3.8, 4) is 0 Å². The highest BCUT2D eigenvalue weighted by Crippen LogP contribution is 1.97. The minimum absolute atomic E-state index is 0.348. The molecule has 0 aromatic carbocycles. The van der Waals surface area contributed by atoms with Gasteiger partial charge in [-0.25, -0.2) is 0 Å². The first kappa shape index (κ1) is 14.6. The van der Waals surface area contributed by atoms with Crippen LogP contribution in [0.1, 0.15) is 12.8 Å². The first-order chi connectivity index (χ1) is 7.52. The molecule has 0 saturated carbocycles. The summed E-state index contributed by atoms with van der Waals surface area (Å²) in [7, 11) is 2.55. The Morgan fingerprint density at radius 3 is 1.56 bits per heavy atom. The second kappa shape index (κ2) is 7.84. The molecule has 0 saturated heterocycles. The van der Waals surface area contributed by atoms with Crippen LogP contribution in [-0.2, 0) is 19.1 Å². The predicted molar refractivity (Wildman–Crippen MR) is 58.4 cm³/mol. The van der Waals surface area contributed by atoms with E-state index in [4.69, 9.17) is 11.5 Å². The average Bonchev–Trinajstić information content (AvgIpc) is 2.31. The van der Waals surface area contributed by atoms with Crippen LogP contribution in [0.15, 0.2) is 12.2 Å². The molecule has 0 aliphatic rings. The van der Waals surface area contributed by atoms with E-state index in [2.05, 4.69) is 9.47 Å². The number of carbonyl (C=O) groups excluding carboxylic acids is 2. The van der Waals surface area contributed by atoms with Crippen molar-refractivity contribution in [1.82, 2.24) is 0 Å². The fraction of sp³-hybridized carbons (Fsp3) is 0.600. The number of methoxy groups -OCH3 is 2. The van der Waals surface area contributed by atoms with Crippen LogP contribution in [0.4, 0.5) is 0 Å². The molecule has 92 valence electrons. The lowest BCUT2D eigenvalue weighted by atomic mass is 10.1. The number of hydrogen-bond donors (Lipinski definition) is 2. The molecule has 0 bridgehead atoms. The molecule has 0 aliphatic carbocycles. The van der Waals surface area contributed by atoms with E-state index >= 15 is 0 Å². The van der Waals surface area contributed by atoms with Gasteiger partial charge in [0.15, 0.2) is 0 Å². The van der Waals surface area contributed by atoms with Crippen LogP contribution in [-0.4, -0.2) is 38.2 Å². The van der Waals surface area contributed by atoms with E-state index in [0.717, 1.165) is 0 Å². The lowest BCUT2D eigenvalue weighted by Crippen LogP contribution is -2.31. The van der Waals surface area contributed by atoms with Gasteiger partial charge in [-0.2, -0.15) is 0 Å². The highest BCUT2D eigenvalue weighted by molar-refractivity contribution is 5.76. The fourth-order valence-electron chi connectivity index (χ4n) is 0.981. The summed E-state index contributed by atoms with van der Waals surface area (Å²) < 4.78 is 8.90. The van der Waals surface area contributed by atoms with Crippen molar-refractivity contribution in [3.63, 3.8) is 0 Å². The summed E-state index contributed by atoms with van der Waals surface area (Å²) in [6.45, 7) is 0. The third kappa shape index (κ3) is 5.47. The molecule has 0 amide bonds. The van der Waals surface area contributed by atoms with Crippen LogP contribution in [0.3, 0.4) is 0 Å². The SMILES string of the molecule is COC(=O)C(N)C/C=C/CC(N)C(=O)OC. The molecule has 6 nitrogen and oxygen atoms in total. The van der Waals surface area contributed by atoms with Crippen LogP contribution in [0.5, 0.6) is 0 Å². The Morgan fingerprint density at radius 1 is 1.00 bits per heavy atom. The Balaban J connectivity index is 3.86. The maximum absolute atomic E-state index is 10.9. The molecule has 6 heteroatoms. The van der Waals surface area contributed by atoms with Crippen molar-refractivity contribution < 1.29 is 19.1 Å². The van der Waals surface area contributed by atoms with E-state index in [1.54, 1.807) is 12.2 Å². The second-order valence-electron chi connectivity index (χ2n) is 3.20. The fourth-order valence-corrected chi connectivity index (χ4v) is 0.981. The Bertz CT molecular complexity index is 240. The van der Waals surface area contributed by atoms with Gasteiger partial charge in [0.1, 0.15) is 12.1 Å². The third-order valence-electron chi connectivity index (χ3n) is 1.95. The minimum atomic E-state index is -0.685. The van der Waals surface area contributed by atoms with Gasteiger partial charge in [-0.05, 0) is 12.8 Å². The number of ether oxygens (including phenoxy) is 2. The molecule has 0 spiro atoms. The molecule has 4 N–H and O–H groups in total. The first-order valence-corrected chi connectivity index (χ1v) is 4.84. The summed E-state index contributed by atoms with van der Waals surface area (Å²) in [4.78, 5) is 21.8. The monoisotopic (exact) mass is 230 g/mol. The molecular weight excluding hydrogens is 212 g/mol. The molecule has 0 aromatic heterocycles. The maximum Gasteiger partial charge on any atom is 0.322 e. The van der Waals surface area contributed by atoms with Gasteiger partial charge in [0.2, 0.25) is 0 Å². The van der Waals surface area contributed by atoms with E-state index in [-0.39, 0.29) is 0 Å². The molecule has 0 rings (SSSR count). The standard InChI is InChI=1S/C10H18N2O4/c1-15-9(13)7(11)5-3-4-6-8(12)10(14)16-2/h3-4,7-8H,5-6,11-12H2,1-2H3/b4-3+. The van der Waals surface area contributed by atoms with Gasteiger partial charge in [-0.15, -0.1) is 0 Å². The molecule has 0 aliphatic heterocycles. The summed E-state index contributed by atoms with van der Waals surface area (Å²) in [6.07, 6.45) is 4.07. The normalized spacial score (nSPS) is 14.5. The van der Waals surface area contributed by atoms with Crippen molar-refractivity contribution in [2.24, 2.45) is 11.5 Å².